The van der Waals surface area contributed by atoms with E-state index >= 15 is 0 Å². The fourth-order valence-electron chi connectivity index (χ4n) is 6.51. The third-order valence-corrected chi connectivity index (χ3v) is 8.56. The van der Waals surface area contributed by atoms with Gasteiger partial charge in [-0.1, -0.05) is 0 Å². The Kier molecular flexibility index (Phi) is 7.07. The maximum atomic E-state index is 13.5. The number of benzene rings is 1. The normalized spacial score (nSPS) is 20.1. The van der Waals surface area contributed by atoms with Gasteiger partial charge in [-0.25, -0.2) is 9.78 Å². The first-order valence-corrected chi connectivity index (χ1v) is 14.6. The van der Waals surface area contributed by atoms with E-state index in [2.05, 4.69) is 35.1 Å². The number of carbonyl (C=O) groups is 2. The molecule has 0 saturated carbocycles. The zero-order valence-electron chi connectivity index (χ0n) is 24.1. The van der Waals surface area contributed by atoms with E-state index in [-0.39, 0.29) is 24.0 Å². The van der Waals surface area contributed by atoms with Gasteiger partial charge < -0.3 is 24.3 Å². The van der Waals surface area contributed by atoms with Crippen LogP contribution >= 0.6 is 0 Å². The number of pyridine rings is 1. The number of aromatic nitrogens is 2. The average molecular weight is 545 g/mol. The molecule has 1 aromatic carbocycles. The Bertz CT molecular complexity index is 1430. The number of rotatable bonds is 3. The minimum Gasteiger partial charge on any atom is -0.444 e. The van der Waals surface area contributed by atoms with Crippen LogP contribution in [0.2, 0.25) is 0 Å². The molecule has 8 nitrogen and oxygen atoms in total. The molecule has 3 aliphatic heterocycles. The highest BCUT2D eigenvalue weighted by Gasteiger charge is 2.37. The lowest BCUT2D eigenvalue weighted by molar-refractivity contribution is -0.139. The van der Waals surface area contributed by atoms with Crippen LogP contribution in [-0.4, -0.2) is 63.7 Å². The molecule has 3 aliphatic rings. The molecule has 1 atom stereocenters. The molecule has 2 fully saturated rings. The maximum Gasteiger partial charge on any atom is 0.410 e. The van der Waals surface area contributed by atoms with E-state index in [1.54, 1.807) is 0 Å². The van der Waals surface area contributed by atoms with E-state index in [4.69, 9.17) is 9.47 Å². The molecule has 2 saturated heterocycles. The van der Waals surface area contributed by atoms with Crippen molar-refractivity contribution in [2.75, 3.05) is 26.3 Å². The van der Waals surface area contributed by atoms with Gasteiger partial charge in [0.1, 0.15) is 11.2 Å². The lowest BCUT2D eigenvalue weighted by Gasteiger charge is -2.36. The van der Waals surface area contributed by atoms with Crippen LogP contribution in [0.3, 0.4) is 0 Å². The summed E-state index contributed by atoms with van der Waals surface area (Å²) < 4.78 is 11.3. The van der Waals surface area contributed by atoms with Crippen LogP contribution in [0.4, 0.5) is 4.79 Å². The largest absolute Gasteiger partial charge is 0.444 e. The zero-order valence-corrected chi connectivity index (χ0v) is 24.1. The fraction of sp³-hybridized carbons (Fsp3) is 0.531. The summed E-state index contributed by atoms with van der Waals surface area (Å²) >= 11 is 0. The molecular formula is C32H40N4O4. The molecule has 8 heteroatoms. The quantitative estimate of drug-likeness (QED) is 0.442. The van der Waals surface area contributed by atoms with E-state index < -0.39 is 5.60 Å². The van der Waals surface area contributed by atoms with Crippen LogP contribution in [0.25, 0.3) is 22.2 Å². The summed E-state index contributed by atoms with van der Waals surface area (Å²) in [6.45, 7) is 11.1. The van der Waals surface area contributed by atoms with Crippen LogP contribution in [0.5, 0.6) is 0 Å². The van der Waals surface area contributed by atoms with Gasteiger partial charge >= 0.3 is 6.09 Å². The minimum atomic E-state index is -0.550. The van der Waals surface area contributed by atoms with Crippen molar-refractivity contribution in [2.45, 2.75) is 78.0 Å². The molecule has 0 radical (unpaired) electrons. The molecule has 1 unspecified atom stereocenters. The molecule has 212 valence electrons. The van der Waals surface area contributed by atoms with Crippen molar-refractivity contribution in [2.24, 2.45) is 5.92 Å². The van der Waals surface area contributed by atoms with Crippen molar-refractivity contribution in [1.82, 2.24) is 19.8 Å². The standard InChI is InChI=1S/C32H40N4O4/c1-20-17-33-29-26(20)16-23(18-34-29)22-14-24-19-35(30(37)21-8-12-39-13-9-21)11-7-25(24)27(15-22)28-6-5-10-36(28)31(38)40-32(2,3)4/h14-18,21,28H,5-13,19H2,1-4H3,(H,33,34). The highest BCUT2D eigenvalue weighted by atomic mass is 16.6. The second kappa shape index (κ2) is 10.5. The van der Waals surface area contributed by atoms with Crippen molar-refractivity contribution in [3.63, 3.8) is 0 Å². The SMILES string of the molecule is Cc1c[nH]c2ncc(-c3cc4c(c(C5CCCN5C(=O)OC(C)(C)C)c3)CCN(C(=O)C3CCOCC3)C4)cc12. The van der Waals surface area contributed by atoms with Crippen LogP contribution in [0.15, 0.2) is 30.6 Å². The Morgan fingerprint density at radius 1 is 1.07 bits per heavy atom. The van der Waals surface area contributed by atoms with Gasteiger partial charge in [0, 0.05) is 62.1 Å². The smallest absolute Gasteiger partial charge is 0.410 e. The third kappa shape index (κ3) is 5.21. The van der Waals surface area contributed by atoms with Crippen molar-refractivity contribution in [3.8, 4) is 11.1 Å². The van der Waals surface area contributed by atoms with Gasteiger partial charge in [-0.15, -0.1) is 0 Å². The first kappa shape index (κ1) is 26.8. The van der Waals surface area contributed by atoms with Gasteiger partial charge in [0.05, 0.1) is 6.04 Å². The summed E-state index contributed by atoms with van der Waals surface area (Å²) in [5.41, 5.74) is 7.20. The van der Waals surface area contributed by atoms with Gasteiger partial charge in [-0.3, -0.25) is 4.79 Å². The molecule has 5 heterocycles. The number of hydrogen-bond acceptors (Lipinski definition) is 5. The van der Waals surface area contributed by atoms with Gasteiger partial charge in [0.25, 0.3) is 0 Å². The van der Waals surface area contributed by atoms with Gasteiger partial charge in [0.2, 0.25) is 5.91 Å². The summed E-state index contributed by atoms with van der Waals surface area (Å²) in [6, 6.07) is 6.63. The molecule has 0 spiro atoms. The van der Waals surface area contributed by atoms with Crippen LogP contribution in [0, 0.1) is 12.8 Å². The first-order valence-electron chi connectivity index (χ1n) is 14.6. The van der Waals surface area contributed by atoms with Crippen molar-refractivity contribution >= 4 is 23.0 Å². The zero-order chi connectivity index (χ0) is 28.0. The summed E-state index contributed by atoms with van der Waals surface area (Å²) in [5, 5.41) is 1.10. The molecule has 0 bridgehead atoms. The van der Waals surface area contributed by atoms with Gasteiger partial charge in [-0.2, -0.15) is 0 Å². The van der Waals surface area contributed by atoms with Gasteiger partial charge in [0.15, 0.2) is 0 Å². The van der Waals surface area contributed by atoms with Crippen molar-refractivity contribution < 1.29 is 19.1 Å². The number of H-pyrrole nitrogens is 1. The van der Waals surface area contributed by atoms with Crippen LogP contribution < -0.4 is 0 Å². The van der Waals surface area contributed by atoms with E-state index in [1.165, 1.54) is 16.7 Å². The predicted octanol–water partition coefficient (Wildman–Crippen LogP) is 5.92. The minimum absolute atomic E-state index is 0.0404. The van der Waals surface area contributed by atoms with E-state index in [9.17, 15) is 9.59 Å². The second-order valence-corrected chi connectivity index (χ2v) is 12.5. The second-order valence-electron chi connectivity index (χ2n) is 12.5. The van der Waals surface area contributed by atoms with E-state index in [0.29, 0.717) is 32.8 Å². The monoisotopic (exact) mass is 544 g/mol. The lowest BCUT2D eigenvalue weighted by atomic mass is 9.86. The van der Waals surface area contributed by atoms with Crippen LogP contribution in [0.1, 0.15) is 74.8 Å². The Balaban J connectivity index is 1.40. The summed E-state index contributed by atoms with van der Waals surface area (Å²) in [5.74, 6) is 0.279. The molecule has 1 N–H and O–H groups in total. The van der Waals surface area contributed by atoms with E-state index in [1.807, 2.05) is 43.0 Å². The highest BCUT2D eigenvalue weighted by molar-refractivity contribution is 5.85. The summed E-state index contributed by atoms with van der Waals surface area (Å²) in [6.07, 6.45) is 7.85. The Morgan fingerprint density at radius 3 is 2.65 bits per heavy atom. The number of hydrogen-bond donors (Lipinski definition) is 1. The summed E-state index contributed by atoms with van der Waals surface area (Å²) in [4.78, 5) is 38.6. The number of nitrogens with one attached hydrogen (secondary N) is 1. The molecule has 0 aliphatic carbocycles. The Morgan fingerprint density at radius 2 is 1.88 bits per heavy atom. The Hall–Kier alpha value is -3.39. The number of aryl methyl sites for hydroxylation is 1. The predicted molar refractivity (Wildman–Crippen MR) is 154 cm³/mol. The molecule has 2 aromatic heterocycles. The molecule has 2 amide bonds. The topological polar surface area (TPSA) is 87.8 Å². The van der Waals surface area contributed by atoms with Crippen molar-refractivity contribution in [3.05, 3.63) is 52.8 Å². The first-order chi connectivity index (χ1) is 19.2. The van der Waals surface area contributed by atoms with Crippen LogP contribution in [-0.2, 0) is 27.2 Å². The molecule has 40 heavy (non-hydrogen) atoms. The number of aromatic amines is 1. The maximum absolute atomic E-state index is 13.5. The third-order valence-electron chi connectivity index (χ3n) is 8.56. The molecular weight excluding hydrogens is 504 g/mol. The molecule has 3 aromatic rings. The number of amides is 2. The number of ether oxygens (including phenoxy) is 2. The number of likely N-dealkylation sites (tertiary alicyclic amines) is 1. The summed E-state index contributed by atoms with van der Waals surface area (Å²) in [7, 11) is 0. The fourth-order valence-corrected chi connectivity index (χ4v) is 6.51. The average Bonchev–Trinajstić information content (AvgIpc) is 3.58. The highest BCUT2D eigenvalue weighted by Crippen LogP contribution is 2.40. The number of carbonyl (C=O) groups excluding carboxylic acids is 2. The lowest BCUT2D eigenvalue weighted by Crippen LogP contribution is -2.42. The number of nitrogens with zero attached hydrogens (tertiary/aromatic N) is 3. The van der Waals surface area contributed by atoms with E-state index in [0.717, 1.165) is 59.8 Å². The Labute approximate surface area is 236 Å². The number of fused-ring (bicyclic) bond motifs is 2. The van der Waals surface area contributed by atoms with Gasteiger partial charge in [-0.05, 0) is 106 Å². The molecule has 6 rings (SSSR count). The van der Waals surface area contributed by atoms with Crippen molar-refractivity contribution in [1.29, 1.82) is 0 Å².